The van der Waals surface area contributed by atoms with E-state index in [-0.39, 0.29) is 27.4 Å². The minimum Gasteiger partial charge on any atom is -0.349 e. The van der Waals surface area contributed by atoms with E-state index in [1.165, 1.54) is 18.2 Å². The Morgan fingerprint density at radius 2 is 2.10 bits per heavy atom. The lowest BCUT2D eigenvalue weighted by Gasteiger charge is -2.13. The normalized spacial score (nSPS) is 22.8. The first-order valence-corrected chi connectivity index (χ1v) is 8.33. The molecule has 3 N–H and O–H groups in total. The number of halogens is 1. The summed E-state index contributed by atoms with van der Waals surface area (Å²) in [7, 11) is -3.94. The zero-order valence-electron chi connectivity index (χ0n) is 11.1. The maximum absolute atomic E-state index is 12.1. The highest BCUT2D eigenvalue weighted by Gasteiger charge is 2.24. The van der Waals surface area contributed by atoms with Crippen molar-refractivity contribution in [1.29, 1.82) is 0 Å². The van der Waals surface area contributed by atoms with Crippen molar-refractivity contribution < 1.29 is 13.2 Å². The van der Waals surface area contributed by atoms with Crippen molar-refractivity contribution in [3.8, 4) is 0 Å². The summed E-state index contributed by atoms with van der Waals surface area (Å²) in [5.74, 6) is 0.302. The smallest absolute Gasteiger partial charge is 0.251 e. The Hall–Kier alpha value is -1.11. The van der Waals surface area contributed by atoms with Gasteiger partial charge < -0.3 is 5.32 Å². The molecule has 1 aromatic carbocycles. The highest BCUT2D eigenvalue weighted by Crippen LogP contribution is 2.25. The Morgan fingerprint density at radius 3 is 2.65 bits per heavy atom. The molecular formula is C13H17ClN2O3S. The number of hydrogen-bond donors (Lipinski definition) is 2. The number of sulfonamides is 1. The lowest BCUT2D eigenvalue weighted by Crippen LogP contribution is -2.33. The van der Waals surface area contributed by atoms with Crippen LogP contribution in [0.15, 0.2) is 23.1 Å². The van der Waals surface area contributed by atoms with Crippen molar-refractivity contribution in [3.63, 3.8) is 0 Å². The average Bonchev–Trinajstić information content (AvgIpc) is 2.73. The van der Waals surface area contributed by atoms with Crippen molar-refractivity contribution in [2.45, 2.75) is 37.1 Å². The van der Waals surface area contributed by atoms with Crippen LogP contribution in [0.5, 0.6) is 0 Å². The number of hydrogen-bond acceptors (Lipinski definition) is 3. The molecule has 0 spiro atoms. The number of primary sulfonamides is 1. The van der Waals surface area contributed by atoms with Crippen LogP contribution in [0.25, 0.3) is 0 Å². The summed E-state index contributed by atoms with van der Waals surface area (Å²) in [6.45, 7) is 2.15. The lowest BCUT2D eigenvalue weighted by atomic mass is 10.1. The molecule has 1 aromatic rings. The molecule has 0 radical (unpaired) electrons. The number of carbonyl (C=O) groups excluding carboxylic acids is 1. The molecule has 0 aromatic heterocycles. The molecule has 1 amide bonds. The predicted molar refractivity (Wildman–Crippen MR) is 77.1 cm³/mol. The summed E-state index contributed by atoms with van der Waals surface area (Å²) in [6, 6.07) is 4.22. The largest absolute Gasteiger partial charge is 0.349 e. The molecule has 1 fully saturated rings. The monoisotopic (exact) mass is 316 g/mol. The Kier molecular flexibility index (Phi) is 4.36. The van der Waals surface area contributed by atoms with Gasteiger partial charge in [-0.15, -0.1) is 0 Å². The zero-order valence-corrected chi connectivity index (χ0v) is 12.7. The Labute approximate surface area is 123 Å². The van der Waals surface area contributed by atoms with Crippen LogP contribution in [0.3, 0.4) is 0 Å². The van der Waals surface area contributed by atoms with E-state index in [1.54, 1.807) is 0 Å². The van der Waals surface area contributed by atoms with Gasteiger partial charge in [-0.05, 0) is 43.4 Å². The van der Waals surface area contributed by atoms with Gasteiger partial charge in [0.2, 0.25) is 10.0 Å². The van der Waals surface area contributed by atoms with Crippen LogP contribution in [0, 0.1) is 5.92 Å². The highest BCUT2D eigenvalue weighted by molar-refractivity contribution is 7.89. The van der Waals surface area contributed by atoms with E-state index in [2.05, 4.69) is 12.2 Å². The maximum Gasteiger partial charge on any atom is 0.251 e. The highest BCUT2D eigenvalue weighted by atomic mass is 35.5. The van der Waals surface area contributed by atoms with Gasteiger partial charge in [-0.25, -0.2) is 13.6 Å². The molecule has 110 valence electrons. The first-order valence-electron chi connectivity index (χ1n) is 6.40. The van der Waals surface area contributed by atoms with Gasteiger partial charge in [0.25, 0.3) is 5.91 Å². The minimum absolute atomic E-state index is 0.0125. The maximum atomic E-state index is 12.1. The minimum atomic E-state index is -3.94. The Morgan fingerprint density at radius 1 is 1.40 bits per heavy atom. The van der Waals surface area contributed by atoms with Crippen LogP contribution in [0.4, 0.5) is 0 Å². The molecule has 1 saturated carbocycles. The molecule has 0 aliphatic heterocycles. The van der Waals surface area contributed by atoms with Gasteiger partial charge in [-0.3, -0.25) is 4.79 Å². The zero-order chi connectivity index (χ0) is 14.9. The molecule has 0 heterocycles. The van der Waals surface area contributed by atoms with E-state index < -0.39 is 10.0 Å². The second-order valence-corrected chi connectivity index (χ2v) is 7.22. The average molecular weight is 317 g/mol. The van der Waals surface area contributed by atoms with Crippen LogP contribution in [-0.4, -0.2) is 20.4 Å². The summed E-state index contributed by atoms with van der Waals surface area (Å²) in [5, 5.41) is 7.98. The molecule has 2 atom stereocenters. The molecule has 1 aliphatic carbocycles. The van der Waals surface area contributed by atoms with Crippen molar-refractivity contribution >= 4 is 27.5 Å². The fraction of sp³-hybridized carbons (Fsp3) is 0.462. The lowest BCUT2D eigenvalue weighted by molar-refractivity contribution is 0.0937. The summed E-state index contributed by atoms with van der Waals surface area (Å²) in [4.78, 5) is 11.9. The summed E-state index contributed by atoms with van der Waals surface area (Å²) >= 11 is 5.78. The van der Waals surface area contributed by atoms with Gasteiger partial charge in [0, 0.05) is 11.6 Å². The predicted octanol–water partition coefficient (Wildman–Crippen LogP) is 1.91. The molecule has 20 heavy (non-hydrogen) atoms. The number of nitrogens with two attached hydrogens (primary N) is 1. The van der Waals surface area contributed by atoms with E-state index in [0.29, 0.717) is 5.92 Å². The Balaban J connectivity index is 2.19. The van der Waals surface area contributed by atoms with Crippen LogP contribution in [0.1, 0.15) is 36.5 Å². The first kappa shape index (κ1) is 15.3. The fourth-order valence-corrected chi connectivity index (χ4v) is 3.54. The number of benzene rings is 1. The topological polar surface area (TPSA) is 89.3 Å². The second-order valence-electron chi connectivity index (χ2n) is 5.28. The van der Waals surface area contributed by atoms with Gasteiger partial charge in [-0.2, -0.15) is 0 Å². The number of nitrogens with one attached hydrogen (secondary N) is 1. The van der Waals surface area contributed by atoms with Gasteiger partial charge in [0.1, 0.15) is 4.90 Å². The Bertz CT molecular complexity index is 631. The van der Waals surface area contributed by atoms with Crippen molar-refractivity contribution in [2.75, 3.05) is 0 Å². The SMILES string of the molecule is CC1CCC(NC(=O)c2ccc(Cl)c(S(N)(=O)=O)c2)C1. The molecule has 7 heteroatoms. The summed E-state index contributed by atoms with van der Waals surface area (Å²) in [5.41, 5.74) is 0.248. The van der Waals surface area contributed by atoms with Gasteiger partial charge in [0.15, 0.2) is 0 Å². The number of carbonyl (C=O) groups is 1. The summed E-state index contributed by atoms with van der Waals surface area (Å²) < 4.78 is 22.8. The van der Waals surface area contributed by atoms with E-state index in [0.717, 1.165) is 19.3 Å². The van der Waals surface area contributed by atoms with Crippen LogP contribution >= 0.6 is 11.6 Å². The van der Waals surface area contributed by atoms with E-state index >= 15 is 0 Å². The standard InChI is InChI=1S/C13H17ClN2O3S/c1-8-2-4-10(6-8)16-13(17)9-3-5-11(14)12(7-9)20(15,18)19/h3,5,7-8,10H,2,4,6H2,1H3,(H,16,17)(H2,15,18,19). The molecule has 0 bridgehead atoms. The fourth-order valence-electron chi connectivity index (χ4n) is 2.47. The van der Waals surface area contributed by atoms with Crippen LogP contribution in [-0.2, 0) is 10.0 Å². The molecule has 1 aliphatic rings. The van der Waals surface area contributed by atoms with Crippen molar-refractivity contribution in [1.82, 2.24) is 5.32 Å². The van der Waals surface area contributed by atoms with Crippen molar-refractivity contribution in [2.24, 2.45) is 11.1 Å². The van der Waals surface area contributed by atoms with Gasteiger partial charge in [0.05, 0.1) is 5.02 Å². The van der Waals surface area contributed by atoms with Crippen LogP contribution < -0.4 is 10.5 Å². The van der Waals surface area contributed by atoms with Crippen LogP contribution in [0.2, 0.25) is 5.02 Å². The molecule has 0 saturated heterocycles. The van der Waals surface area contributed by atoms with Gasteiger partial charge >= 0.3 is 0 Å². The molecule has 2 rings (SSSR count). The molecular weight excluding hydrogens is 300 g/mol. The molecule has 5 nitrogen and oxygen atoms in total. The summed E-state index contributed by atoms with van der Waals surface area (Å²) in [6.07, 6.45) is 2.98. The van der Waals surface area contributed by atoms with E-state index in [9.17, 15) is 13.2 Å². The third kappa shape index (κ3) is 3.50. The van der Waals surface area contributed by atoms with Crippen molar-refractivity contribution in [3.05, 3.63) is 28.8 Å². The number of rotatable bonds is 3. The quantitative estimate of drug-likeness (QED) is 0.892. The van der Waals surface area contributed by atoms with E-state index in [1.807, 2.05) is 0 Å². The third-order valence-electron chi connectivity index (χ3n) is 3.53. The first-order chi connectivity index (χ1) is 9.27. The number of amides is 1. The molecule has 2 unspecified atom stereocenters. The van der Waals surface area contributed by atoms with Gasteiger partial charge in [-0.1, -0.05) is 18.5 Å². The van der Waals surface area contributed by atoms with E-state index in [4.69, 9.17) is 16.7 Å². The second kappa shape index (κ2) is 5.71. The third-order valence-corrected chi connectivity index (χ3v) is 4.92.